The van der Waals surface area contributed by atoms with Gasteiger partial charge >= 0.3 is 0 Å². The van der Waals surface area contributed by atoms with Gasteiger partial charge in [0.25, 0.3) is 0 Å². The van der Waals surface area contributed by atoms with Crippen LogP contribution in [-0.4, -0.2) is 16.5 Å². The summed E-state index contributed by atoms with van der Waals surface area (Å²) in [5.74, 6) is -0.678. The number of aromatic nitrogens is 1. The largest absolute Gasteiger partial charge is 0.472 e. The summed E-state index contributed by atoms with van der Waals surface area (Å²) in [5, 5.41) is 2.53. The molecular weight excluding hydrogens is 441 g/mol. The molecule has 2 rings (SSSR count). The molecule has 0 aliphatic heterocycles. The Morgan fingerprint density at radius 3 is 2.56 bits per heavy atom. The van der Waals surface area contributed by atoms with E-state index in [1.54, 1.807) is 12.3 Å². The molecule has 0 atom stereocenters. The number of benzene rings is 1. The van der Waals surface area contributed by atoms with Crippen LogP contribution in [0, 0.1) is 11.6 Å². The summed E-state index contributed by atoms with van der Waals surface area (Å²) >= 11 is 0. The minimum Gasteiger partial charge on any atom is -0.472 e. The number of halogens is 3. The smallest absolute Gasteiger partial charge is 0.213 e. The third-order valence-corrected chi connectivity index (χ3v) is 2.83. The number of nitrogens with one attached hydrogen (secondary N) is 1. The van der Waals surface area contributed by atoms with Crippen molar-refractivity contribution in [3.63, 3.8) is 0 Å². The van der Waals surface area contributed by atoms with Crippen LogP contribution in [0.3, 0.4) is 0 Å². The number of aliphatic imine (C=N–C) groups is 1. The fourth-order valence-electron chi connectivity index (χ4n) is 1.83. The number of rotatable bonds is 4. The van der Waals surface area contributed by atoms with Crippen molar-refractivity contribution in [2.24, 2.45) is 10.7 Å². The van der Waals surface area contributed by atoms with Crippen LogP contribution >= 0.6 is 24.0 Å². The van der Waals surface area contributed by atoms with Gasteiger partial charge in [0.15, 0.2) is 5.96 Å². The molecular formula is C17H21F2IN4O. The highest BCUT2D eigenvalue weighted by Crippen LogP contribution is 2.16. The quantitative estimate of drug-likeness (QED) is 0.408. The topological polar surface area (TPSA) is 72.5 Å². The lowest BCUT2D eigenvalue weighted by Gasteiger charge is -2.20. The van der Waals surface area contributed by atoms with E-state index in [0.29, 0.717) is 5.88 Å². The normalized spacial score (nSPS) is 11.6. The maximum absolute atomic E-state index is 13.5. The van der Waals surface area contributed by atoms with E-state index in [0.717, 1.165) is 23.8 Å². The van der Waals surface area contributed by atoms with Crippen LogP contribution in [0.1, 0.15) is 26.3 Å². The van der Waals surface area contributed by atoms with Gasteiger partial charge in [-0.2, -0.15) is 0 Å². The molecule has 0 unspecified atom stereocenters. The molecule has 0 spiro atoms. The van der Waals surface area contributed by atoms with Gasteiger partial charge in [-0.15, -0.1) is 24.0 Å². The second-order valence-corrected chi connectivity index (χ2v) is 6.17. The van der Waals surface area contributed by atoms with E-state index < -0.39 is 11.6 Å². The Bertz CT molecular complexity index is 730. The van der Waals surface area contributed by atoms with E-state index in [2.05, 4.69) is 15.3 Å². The van der Waals surface area contributed by atoms with Gasteiger partial charge < -0.3 is 15.8 Å². The lowest BCUT2D eigenvalue weighted by molar-refractivity contribution is 0.124. The number of ether oxygens (including phenoxy) is 1. The predicted molar refractivity (Wildman–Crippen MR) is 105 cm³/mol. The Balaban J connectivity index is 0.00000312. The van der Waals surface area contributed by atoms with E-state index in [9.17, 15) is 8.78 Å². The summed E-state index contributed by atoms with van der Waals surface area (Å²) in [6.45, 7) is 6.05. The fraction of sp³-hybridized carbons (Fsp3) is 0.294. The zero-order valence-corrected chi connectivity index (χ0v) is 16.5. The summed E-state index contributed by atoms with van der Waals surface area (Å²) < 4.78 is 32.2. The van der Waals surface area contributed by atoms with E-state index in [1.807, 2.05) is 26.8 Å². The van der Waals surface area contributed by atoms with Gasteiger partial charge in [-0.1, -0.05) is 6.07 Å². The van der Waals surface area contributed by atoms with Crippen molar-refractivity contribution in [1.82, 2.24) is 4.98 Å². The lowest BCUT2D eigenvalue weighted by Crippen LogP contribution is -2.23. The van der Waals surface area contributed by atoms with Gasteiger partial charge in [-0.05, 0) is 38.5 Å². The van der Waals surface area contributed by atoms with Crippen molar-refractivity contribution in [2.75, 3.05) is 5.32 Å². The average molecular weight is 462 g/mol. The van der Waals surface area contributed by atoms with Crippen LogP contribution in [-0.2, 0) is 6.54 Å². The molecule has 2 aromatic rings. The molecule has 5 nitrogen and oxygen atoms in total. The summed E-state index contributed by atoms with van der Waals surface area (Å²) in [6, 6.07) is 6.61. The zero-order valence-electron chi connectivity index (χ0n) is 14.2. The molecule has 8 heteroatoms. The first-order valence-electron chi connectivity index (χ1n) is 7.39. The Labute approximate surface area is 162 Å². The predicted octanol–water partition coefficient (Wildman–Crippen LogP) is 4.08. The van der Waals surface area contributed by atoms with Crippen molar-refractivity contribution in [1.29, 1.82) is 0 Å². The van der Waals surface area contributed by atoms with Crippen LogP contribution in [0.15, 0.2) is 41.5 Å². The van der Waals surface area contributed by atoms with Gasteiger partial charge in [-0.3, -0.25) is 0 Å². The molecule has 0 aliphatic rings. The fourth-order valence-corrected chi connectivity index (χ4v) is 1.83. The van der Waals surface area contributed by atoms with Gasteiger partial charge in [0.05, 0.1) is 12.2 Å². The number of hydrogen-bond donors (Lipinski definition) is 2. The number of pyridine rings is 1. The molecule has 1 aromatic heterocycles. The van der Waals surface area contributed by atoms with Crippen molar-refractivity contribution in [3.05, 3.63) is 53.7 Å². The van der Waals surface area contributed by atoms with Crippen LogP contribution in [0.5, 0.6) is 5.88 Å². The number of anilines is 1. The Kier molecular flexibility index (Phi) is 7.53. The Morgan fingerprint density at radius 1 is 1.24 bits per heavy atom. The van der Waals surface area contributed by atoms with Crippen molar-refractivity contribution in [2.45, 2.75) is 32.9 Å². The maximum Gasteiger partial charge on any atom is 0.213 e. The minimum absolute atomic E-state index is 0. The first-order chi connectivity index (χ1) is 11.2. The molecule has 0 radical (unpaired) electrons. The molecule has 1 heterocycles. The van der Waals surface area contributed by atoms with Crippen LogP contribution in [0.2, 0.25) is 0 Å². The average Bonchev–Trinajstić information content (AvgIpc) is 2.49. The molecule has 0 saturated heterocycles. The molecule has 136 valence electrons. The van der Waals surface area contributed by atoms with Crippen molar-refractivity contribution < 1.29 is 13.5 Å². The van der Waals surface area contributed by atoms with Gasteiger partial charge in [0, 0.05) is 18.3 Å². The Hall–Kier alpha value is -1.97. The third kappa shape index (κ3) is 7.20. The second-order valence-electron chi connectivity index (χ2n) is 6.17. The number of nitrogens with zero attached hydrogens (tertiary/aromatic N) is 2. The van der Waals surface area contributed by atoms with Crippen molar-refractivity contribution >= 4 is 35.6 Å². The molecule has 25 heavy (non-hydrogen) atoms. The monoisotopic (exact) mass is 462 g/mol. The first kappa shape index (κ1) is 21.1. The second kappa shape index (κ2) is 8.93. The highest BCUT2D eigenvalue weighted by atomic mass is 127. The van der Waals surface area contributed by atoms with Crippen LogP contribution < -0.4 is 15.8 Å². The highest BCUT2D eigenvalue weighted by molar-refractivity contribution is 14.0. The molecule has 3 N–H and O–H groups in total. The van der Waals surface area contributed by atoms with Gasteiger partial charge in [0.1, 0.15) is 17.2 Å². The summed E-state index contributed by atoms with van der Waals surface area (Å²) in [4.78, 5) is 8.27. The van der Waals surface area contributed by atoms with E-state index in [-0.39, 0.29) is 47.8 Å². The minimum atomic E-state index is -0.611. The van der Waals surface area contributed by atoms with Gasteiger partial charge in [-0.25, -0.2) is 18.8 Å². The van der Waals surface area contributed by atoms with E-state index in [1.165, 1.54) is 0 Å². The Morgan fingerprint density at radius 2 is 1.96 bits per heavy atom. The van der Waals surface area contributed by atoms with Crippen LogP contribution in [0.4, 0.5) is 14.5 Å². The van der Waals surface area contributed by atoms with E-state index in [4.69, 9.17) is 10.5 Å². The van der Waals surface area contributed by atoms with Crippen molar-refractivity contribution in [3.8, 4) is 5.88 Å². The van der Waals surface area contributed by atoms with Gasteiger partial charge in [0.2, 0.25) is 5.88 Å². The van der Waals surface area contributed by atoms with Crippen LogP contribution in [0.25, 0.3) is 0 Å². The number of nitrogens with two attached hydrogens (primary N) is 1. The molecule has 0 amide bonds. The SMILES string of the molecule is CC(C)(C)Oc1ccc(CN=C(N)Nc2cc(F)ccc2F)cn1.I. The number of guanidine groups is 1. The summed E-state index contributed by atoms with van der Waals surface area (Å²) in [5.41, 5.74) is 6.11. The summed E-state index contributed by atoms with van der Waals surface area (Å²) in [6.07, 6.45) is 1.63. The molecule has 0 fully saturated rings. The molecule has 0 bridgehead atoms. The number of hydrogen-bond acceptors (Lipinski definition) is 3. The summed E-state index contributed by atoms with van der Waals surface area (Å²) in [7, 11) is 0. The molecule has 0 aliphatic carbocycles. The lowest BCUT2D eigenvalue weighted by atomic mass is 10.2. The first-order valence-corrected chi connectivity index (χ1v) is 7.39. The highest BCUT2D eigenvalue weighted by Gasteiger charge is 2.12. The zero-order chi connectivity index (χ0) is 17.7. The molecule has 0 saturated carbocycles. The standard InChI is InChI=1S/C17H20F2N4O.HI/c1-17(2,3)24-15-7-4-11(9-21-15)10-22-16(20)23-14-8-12(18)5-6-13(14)19;/h4-9H,10H2,1-3H3,(H3,20,22,23);1H. The van der Waals surface area contributed by atoms with E-state index >= 15 is 0 Å². The molecule has 1 aromatic carbocycles. The maximum atomic E-state index is 13.5. The third-order valence-electron chi connectivity index (χ3n) is 2.83.